The van der Waals surface area contributed by atoms with Crippen LogP contribution < -0.4 is 0 Å². The van der Waals surface area contributed by atoms with Gasteiger partial charge in [0, 0.05) is 0 Å². The summed E-state index contributed by atoms with van der Waals surface area (Å²) in [6, 6.07) is 0. The van der Waals surface area contributed by atoms with Gasteiger partial charge in [-0.25, -0.2) is 0 Å². The predicted octanol–water partition coefficient (Wildman–Crippen LogP) is -1.53. The van der Waals surface area contributed by atoms with Crippen LogP contribution in [0.3, 0.4) is 0 Å². The van der Waals surface area contributed by atoms with Crippen molar-refractivity contribution < 1.29 is 25.0 Å². The zero-order chi connectivity index (χ0) is 9.40. The Kier molecular flexibility index (Phi) is 7.26. The van der Waals surface area contributed by atoms with Gasteiger partial charge in [0.25, 0.3) is 0 Å². The van der Waals surface area contributed by atoms with Crippen molar-refractivity contribution in [3.63, 3.8) is 0 Å². The van der Waals surface area contributed by atoms with Crippen LogP contribution in [0, 0.1) is 0 Å². The van der Waals surface area contributed by atoms with E-state index in [9.17, 15) is 0 Å². The number of hydroxylamine groups is 2. The molecule has 3 N–H and O–H groups in total. The molecule has 0 fully saturated rings. The third kappa shape index (κ3) is 5.42. The molecule has 0 aromatic heterocycles. The average molecular weight is 181 g/mol. The zero-order valence-corrected chi connectivity index (χ0v) is 7.01. The molecule has 1 unspecified atom stereocenters. The number of hydrogen-bond acceptors (Lipinski definition) is 6. The summed E-state index contributed by atoms with van der Waals surface area (Å²) in [7, 11) is 0. The minimum Gasteiger partial charge on any atom is -0.394 e. The lowest BCUT2D eigenvalue weighted by Crippen LogP contribution is -2.34. The van der Waals surface area contributed by atoms with E-state index in [0.29, 0.717) is 0 Å². The van der Waals surface area contributed by atoms with E-state index in [-0.39, 0.29) is 26.4 Å². The van der Waals surface area contributed by atoms with Crippen LogP contribution in [0.2, 0.25) is 0 Å². The Balaban J connectivity index is 3.55. The molecule has 0 aliphatic rings. The fourth-order valence-electron chi connectivity index (χ4n) is 0.515. The summed E-state index contributed by atoms with van der Waals surface area (Å²) in [6.45, 7) is 1.19. The van der Waals surface area contributed by atoms with Gasteiger partial charge in [0.2, 0.25) is 0 Å². The van der Waals surface area contributed by atoms with E-state index in [1.807, 2.05) is 0 Å². The number of nitrogens with zero attached hydrogens (tertiary/aromatic N) is 1. The molecule has 12 heavy (non-hydrogen) atoms. The molecule has 0 amide bonds. The number of rotatable bonds is 7. The third-order valence-corrected chi connectivity index (χ3v) is 0.925. The highest BCUT2D eigenvalue weighted by Crippen LogP contribution is 1.97. The van der Waals surface area contributed by atoms with Crippen LogP contribution in [0.5, 0.6) is 0 Å². The molecule has 0 aliphatic heterocycles. The maximum absolute atomic E-state index is 8.98. The summed E-state index contributed by atoms with van der Waals surface area (Å²) in [6.07, 6.45) is -0.942. The van der Waals surface area contributed by atoms with E-state index < -0.39 is 6.23 Å². The van der Waals surface area contributed by atoms with Crippen LogP contribution in [0.25, 0.3) is 0 Å². The van der Waals surface area contributed by atoms with Crippen molar-refractivity contribution in [2.24, 2.45) is 0 Å². The number of aliphatic hydroxyl groups is 3. The first-order valence-electron chi connectivity index (χ1n) is 3.67. The Labute approximate surface area is 70.8 Å². The fraction of sp³-hybridized carbons (Fsp3) is 1.00. The van der Waals surface area contributed by atoms with Crippen molar-refractivity contribution in [3.05, 3.63) is 0 Å². The van der Waals surface area contributed by atoms with Gasteiger partial charge in [-0.1, -0.05) is 0 Å². The maximum atomic E-state index is 8.98. The molecule has 0 spiro atoms. The highest BCUT2D eigenvalue weighted by molar-refractivity contribution is 4.30. The highest BCUT2D eigenvalue weighted by atomic mass is 17.0. The molecule has 0 aromatic carbocycles. The first kappa shape index (κ1) is 11.8. The lowest BCUT2D eigenvalue weighted by atomic mass is 10.7. The van der Waals surface area contributed by atoms with Crippen LogP contribution in [0.15, 0.2) is 0 Å². The molecule has 0 rings (SSSR count). The molecular formula is C6H15NO5. The minimum absolute atomic E-state index is 0.0380. The van der Waals surface area contributed by atoms with Crippen molar-refractivity contribution in [2.45, 2.75) is 13.2 Å². The normalized spacial score (nSPS) is 13.8. The van der Waals surface area contributed by atoms with Crippen molar-refractivity contribution in [1.82, 2.24) is 5.23 Å². The first-order valence-corrected chi connectivity index (χ1v) is 3.67. The van der Waals surface area contributed by atoms with E-state index >= 15 is 0 Å². The largest absolute Gasteiger partial charge is 0.394 e. The molecule has 6 heteroatoms. The van der Waals surface area contributed by atoms with Gasteiger partial charge in [-0.05, 0) is 12.2 Å². The van der Waals surface area contributed by atoms with Gasteiger partial charge in [-0.2, -0.15) is 0 Å². The Hall–Kier alpha value is -0.240. The van der Waals surface area contributed by atoms with Crippen molar-refractivity contribution in [2.75, 3.05) is 26.4 Å². The van der Waals surface area contributed by atoms with Crippen LogP contribution in [-0.2, 0) is 9.68 Å². The van der Waals surface area contributed by atoms with Gasteiger partial charge >= 0.3 is 0 Å². The minimum atomic E-state index is -0.942. The molecule has 1 atom stereocenters. The summed E-state index contributed by atoms with van der Waals surface area (Å²) in [5, 5.41) is 26.6. The molecule has 0 aliphatic carbocycles. The van der Waals surface area contributed by atoms with E-state index in [1.54, 1.807) is 0 Å². The van der Waals surface area contributed by atoms with Crippen molar-refractivity contribution in [1.29, 1.82) is 0 Å². The van der Waals surface area contributed by atoms with E-state index in [1.165, 1.54) is 6.92 Å². The molecular weight excluding hydrogens is 166 g/mol. The average Bonchev–Trinajstić information content (AvgIpc) is 2.04. The van der Waals surface area contributed by atoms with Gasteiger partial charge in [0.1, 0.15) is 0 Å². The quantitative estimate of drug-likeness (QED) is 0.326. The zero-order valence-electron chi connectivity index (χ0n) is 7.01. The van der Waals surface area contributed by atoms with Crippen molar-refractivity contribution >= 4 is 0 Å². The Morgan fingerprint density at radius 1 is 1.17 bits per heavy atom. The summed E-state index contributed by atoms with van der Waals surface area (Å²) in [4.78, 5) is 9.51. The van der Waals surface area contributed by atoms with E-state index in [0.717, 1.165) is 5.23 Å². The summed E-state index contributed by atoms with van der Waals surface area (Å²) in [5.74, 6) is 0. The molecule has 0 aromatic rings. The molecule has 0 radical (unpaired) electrons. The third-order valence-electron chi connectivity index (χ3n) is 0.925. The fourth-order valence-corrected chi connectivity index (χ4v) is 0.515. The van der Waals surface area contributed by atoms with Crippen LogP contribution in [-0.4, -0.2) is 53.2 Å². The smallest absolute Gasteiger partial charge is 0.154 e. The second kappa shape index (κ2) is 7.41. The Bertz CT molecular complexity index is 91.9. The topological polar surface area (TPSA) is 82.4 Å². The Morgan fingerprint density at radius 2 is 1.58 bits per heavy atom. The second-order valence-electron chi connectivity index (χ2n) is 2.03. The van der Waals surface area contributed by atoms with Gasteiger partial charge in [-0.3, -0.25) is 9.68 Å². The maximum Gasteiger partial charge on any atom is 0.154 e. The monoisotopic (exact) mass is 181 g/mol. The summed E-state index contributed by atoms with van der Waals surface area (Å²) < 4.78 is 0. The highest BCUT2D eigenvalue weighted by Gasteiger charge is 2.11. The van der Waals surface area contributed by atoms with Gasteiger partial charge in [0.05, 0.1) is 26.4 Å². The van der Waals surface area contributed by atoms with Crippen LogP contribution in [0.1, 0.15) is 6.92 Å². The lowest BCUT2D eigenvalue weighted by molar-refractivity contribution is -0.417. The van der Waals surface area contributed by atoms with E-state index in [4.69, 9.17) is 25.0 Å². The summed E-state index contributed by atoms with van der Waals surface area (Å²) >= 11 is 0. The molecule has 0 heterocycles. The molecule has 74 valence electrons. The first-order chi connectivity index (χ1) is 5.72. The van der Waals surface area contributed by atoms with E-state index in [2.05, 4.69) is 0 Å². The number of aliphatic hydroxyl groups excluding tert-OH is 3. The van der Waals surface area contributed by atoms with Crippen LogP contribution >= 0.6 is 0 Å². The standard InChI is InChI=1S/C6H15NO5/c1-6(10)7(11-4-2-8)12-5-3-9/h6,8-10H,2-5H2,1H3. The number of hydrogen-bond donors (Lipinski definition) is 3. The Morgan fingerprint density at radius 3 is 1.83 bits per heavy atom. The van der Waals surface area contributed by atoms with Crippen LogP contribution in [0.4, 0.5) is 0 Å². The second-order valence-corrected chi connectivity index (χ2v) is 2.03. The van der Waals surface area contributed by atoms with Gasteiger partial charge < -0.3 is 15.3 Å². The molecule has 0 saturated carbocycles. The molecule has 0 bridgehead atoms. The summed E-state index contributed by atoms with van der Waals surface area (Å²) in [5.41, 5.74) is 0. The SMILES string of the molecule is CC(O)N(OCCO)OCCO. The van der Waals surface area contributed by atoms with Gasteiger partial charge in [0.15, 0.2) is 6.23 Å². The lowest BCUT2D eigenvalue weighted by Gasteiger charge is -2.22. The van der Waals surface area contributed by atoms with Crippen molar-refractivity contribution in [3.8, 4) is 0 Å². The predicted molar refractivity (Wildman–Crippen MR) is 39.6 cm³/mol. The molecule has 6 nitrogen and oxygen atoms in total. The molecule has 0 saturated heterocycles. The van der Waals surface area contributed by atoms with Gasteiger partial charge in [-0.15, -0.1) is 0 Å².